The third kappa shape index (κ3) is 2.60. The zero-order valence-electron chi connectivity index (χ0n) is 9.94. The van der Waals surface area contributed by atoms with Crippen molar-refractivity contribution in [1.29, 1.82) is 0 Å². The Balaban J connectivity index is 2.12. The van der Waals surface area contributed by atoms with Crippen LogP contribution >= 0.6 is 0 Å². The van der Waals surface area contributed by atoms with Gasteiger partial charge in [0, 0.05) is 12.8 Å². The summed E-state index contributed by atoms with van der Waals surface area (Å²) >= 11 is 0. The van der Waals surface area contributed by atoms with Gasteiger partial charge >= 0.3 is 0 Å². The molecule has 1 saturated heterocycles. The van der Waals surface area contributed by atoms with E-state index in [0.29, 0.717) is 5.69 Å². The Morgan fingerprint density at radius 2 is 2.19 bits per heavy atom. The Kier molecular flexibility index (Phi) is 3.26. The highest BCUT2D eigenvalue weighted by molar-refractivity contribution is 5.19. The molecule has 1 unspecified atom stereocenters. The van der Waals surface area contributed by atoms with Gasteiger partial charge in [0.25, 0.3) is 0 Å². The van der Waals surface area contributed by atoms with Gasteiger partial charge in [-0.15, -0.1) is 0 Å². The van der Waals surface area contributed by atoms with Crippen LogP contribution in [-0.4, -0.2) is 16.7 Å². The fourth-order valence-corrected chi connectivity index (χ4v) is 1.96. The van der Waals surface area contributed by atoms with Gasteiger partial charge in [-0.2, -0.15) is 0 Å². The van der Waals surface area contributed by atoms with Crippen molar-refractivity contribution in [2.45, 2.75) is 44.8 Å². The fourth-order valence-electron chi connectivity index (χ4n) is 1.96. The quantitative estimate of drug-likeness (QED) is 0.834. The molecule has 88 valence electrons. The maximum atomic E-state index is 9.80. The van der Waals surface area contributed by atoms with E-state index < -0.39 is 5.60 Å². The lowest BCUT2D eigenvalue weighted by Gasteiger charge is -2.23. The molecule has 1 aliphatic heterocycles. The zero-order valence-corrected chi connectivity index (χ0v) is 9.94. The van der Waals surface area contributed by atoms with Gasteiger partial charge in [-0.05, 0) is 44.7 Å². The second-order valence-electron chi connectivity index (χ2n) is 4.89. The molecular formula is C13H19NO2. The average Bonchev–Trinajstić information content (AvgIpc) is 2.29. The Labute approximate surface area is 96.5 Å². The van der Waals surface area contributed by atoms with Gasteiger partial charge in [0.05, 0.1) is 11.8 Å². The van der Waals surface area contributed by atoms with Gasteiger partial charge in [-0.1, -0.05) is 6.07 Å². The Morgan fingerprint density at radius 3 is 2.69 bits per heavy atom. The molecule has 2 rings (SSSR count). The van der Waals surface area contributed by atoms with Crippen LogP contribution in [0.4, 0.5) is 0 Å². The molecule has 1 aliphatic rings. The topological polar surface area (TPSA) is 42.4 Å². The number of ether oxygens (including phenoxy) is 1. The van der Waals surface area contributed by atoms with E-state index in [9.17, 15) is 5.11 Å². The second kappa shape index (κ2) is 4.52. The first-order chi connectivity index (χ1) is 7.57. The molecule has 0 amide bonds. The van der Waals surface area contributed by atoms with Crippen LogP contribution < -0.4 is 0 Å². The fraction of sp³-hybridized carbons (Fsp3) is 0.615. The van der Waals surface area contributed by atoms with Gasteiger partial charge < -0.3 is 9.84 Å². The maximum absolute atomic E-state index is 9.80. The highest BCUT2D eigenvalue weighted by atomic mass is 16.5. The first-order valence-corrected chi connectivity index (χ1v) is 5.88. The van der Waals surface area contributed by atoms with Crippen LogP contribution in [0, 0.1) is 0 Å². The van der Waals surface area contributed by atoms with Gasteiger partial charge in [0.1, 0.15) is 5.60 Å². The van der Waals surface area contributed by atoms with Crippen molar-refractivity contribution < 1.29 is 9.84 Å². The molecular weight excluding hydrogens is 202 g/mol. The molecule has 1 N–H and O–H groups in total. The molecule has 3 heteroatoms. The minimum atomic E-state index is -0.869. The molecule has 1 aromatic rings. The lowest BCUT2D eigenvalue weighted by Crippen LogP contribution is -2.18. The van der Waals surface area contributed by atoms with E-state index >= 15 is 0 Å². The van der Waals surface area contributed by atoms with Crippen molar-refractivity contribution >= 4 is 0 Å². The summed E-state index contributed by atoms with van der Waals surface area (Å²) < 4.78 is 5.69. The summed E-state index contributed by atoms with van der Waals surface area (Å²) in [5.41, 5.74) is 0.950. The first-order valence-electron chi connectivity index (χ1n) is 5.88. The van der Waals surface area contributed by atoms with Gasteiger partial charge in [-0.3, -0.25) is 4.98 Å². The van der Waals surface area contributed by atoms with E-state index in [4.69, 9.17) is 4.74 Å². The number of pyridine rings is 1. The Bertz CT molecular complexity index is 334. The molecule has 2 heterocycles. The van der Waals surface area contributed by atoms with Crippen molar-refractivity contribution in [2.75, 3.05) is 6.61 Å². The number of nitrogens with zero attached hydrogens (tertiary/aromatic N) is 1. The summed E-state index contributed by atoms with van der Waals surface area (Å²) in [7, 11) is 0. The second-order valence-corrected chi connectivity index (χ2v) is 4.89. The molecule has 0 aliphatic carbocycles. The largest absolute Gasteiger partial charge is 0.384 e. The highest BCUT2D eigenvalue weighted by Crippen LogP contribution is 2.28. The maximum Gasteiger partial charge on any atom is 0.101 e. The van der Waals surface area contributed by atoms with Crippen LogP contribution in [0.3, 0.4) is 0 Å². The summed E-state index contributed by atoms with van der Waals surface area (Å²) in [4.78, 5) is 4.30. The van der Waals surface area contributed by atoms with E-state index in [1.165, 1.54) is 6.42 Å². The van der Waals surface area contributed by atoms with Crippen molar-refractivity contribution in [1.82, 2.24) is 4.98 Å². The first kappa shape index (κ1) is 11.6. The Hall–Kier alpha value is -0.930. The molecule has 0 radical (unpaired) electrons. The van der Waals surface area contributed by atoms with Crippen LogP contribution in [0.5, 0.6) is 0 Å². The summed E-state index contributed by atoms with van der Waals surface area (Å²) in [6.07, 6.45) is 5.47. The predicted molar refractivity (Wildman–Crippen MR) is 62.0 cm³/mol. The summed E-state index contributed by atoms with van der Waals surface area (Å²) in [6.45, 7) is 4.33. The Morgan fingerprint density at radius 1 is 1.38 bits per heavy atom. The summed E-state index contributed by atoms with van der Waals surface area (Å²) in [5.74, 6) is 0. The SMILES string of the molecule is CC(C)(O)c1ccc(C2CCCCO2)cn1. The van der Waals surface area contributed by atoms with Crippen LogP contribution in [0.1, 0.15) is 50.5 Å². The monoisotopic (exact) mass is 221 g/mol. The van der Waals surface area contributed by atoms with E-state index in [2.05, 4.69) is 4.98 Å². The van der Waals surface area contributed by atoms with Crippen LogP contribution in [0.25, 0.3) is 0 Å². The van der Waals surface area contributed by atoms with Gasteiger partial charge in [0.15, 0.2) is 0 Å². The minimum Gasteiger partial charge on any atom is -0.384 e. The normalized spacial score (nSPS) is 22.1. The van der Waals surface area contributed by atoms with Crippen molar-refractivity contribution in [3.63, 3.8) is 0 Å². The van der Waals surface area contributed by atoms with Crippen molar-refractivity contribution in [2.24, 2.45) is 0 Å². The molecule has 1 atom stereocenters. The number of hydrogen-bond donors (Lipinski definition) is 1. The number of hydrogen-bond acceptors (Lipinski definition) is 3. The molecule has 3 nitrogen and oxygen atoms in total. The smallest absolute Gasteiger partial charge is 0.101 e. The summed E-state index contributed by atoms with van der Waals surface area (Å²) in [5, 5.41) is 9.80. The average molecular weight is 221 g/mol. The van der Waals surface area contributed by atoms with Crippen LogP contribution in [0.2, 0.25) is 0 Å². The van der Waals surface area contributed by atoms with Crippen molar-refractivity contribution in [3.8, 4) is 0 Å². The lowest BCUT2D eigenvalue weighted by atomic mass is 10.00. The van der Waals surface area contributed by atoms with E-state index in [1.807, 2.05) is 18.3 Å². The molecule has 0 spiro atoms. The molecule has 0 aromatic carbocycles. The third-order valence-electron chi connectivity index (χ3n) is 2.96. The van der Waals surface area contributed by atoms with E-state index in [-0.39, 0.29) is 6.10 Å². The number of aliphatic hydroxyl groups is 1. The lowest BCUT2D eigenvalue weighted by molar-refractivity contribution is 0.0145. The molecule has 1 aromatic heterocycles. The summed E-state index contributed by atoms with van der Waals surface area (Å²) in [6, 6.07) is 3.89. The molecule has 0 bridgehead atoms. The van der Waals surface area contributed by atoms with E-state index in [0.717, 1.165) is 25.0 Å². The zero-order chi connectivity index (χ0) is 11.6. The predicted octanol–water partition coefficient (Wildman–Crippen LogP) is 2.55. The molecule has 0 saturated carbocycles. The van der Waals surface area contributed by atoms with Crippen molar-refractivity contribution in [3.05, 3.63) is 29.6 Å². The standard InChI is InChI=1S/C13H19NO2/c1-13(2,15)12-7-6-10(9-14-12)11-5-3-4-8-16-11/h6-7,9,11,15H,3-5,8H2,1-2H3. The molecule has 1 fully saturated rings. The van der Waals surface area contributed by atoms with Gasteiger partial charge in [0.2, 0.25) is 0 Å². The van der Waals surface area contributed by atoms with Crippen LogP contribution in [0.15, 0.2) is 18.3 Å². The minimum absolute atomic E-state index is 0.192. The van der Waals surface area contributed by atoms with E-state index in [1.54, 1.807) is 13.8 Å². The number of aromatic nitrogens is 1. The van der Waals surface area contributed by atoms with Gasteiger partial charge in [-0.25, -0.2) is 0 Å². The molecule has 16 heavy (non-hydrogen) atoms. The highest BCUT2D eigenvalue weighted by Gasteiger charge is 2.20. The number of rotatable bonds is 2. The van der Waals surface area contributed by atoms with Crippen LogP contribution in [-0.2, 0) is 10.3 Å². The third-order valence-corrected chi connectivity index (χ3v) is 2.96.